The smallest absolute Gasteiger partial charge is 0.351 e. The van der Waals surface area contributed by atoms with Crippen LogP contribution in [0.1, 0.15) is 52.9 Å². The molecule has 27 heavy (non-hydrogen) atoms. The maximum atomic E-state index is 12.1. The van der Waals surface area contributed by atoms with Gasteiger partial charge in [0.25, 0.3) is 0 Å². The standard InChI is InChI=1S/C18H26O9/c1-4-6-10-18(3,5-2)17(24)26-11-15(22)25-12-16(23)27-14(21)9-7-8-13(19)20/h7-8H,4-6,9-12H2,1-3H3,(H,19,20)/b8-7+. The first-order valence-corrected chi connectivity index (χ1v) is 8.60. The zero-order chi connectivity index (χ0) is 20.9. The van der Waals surface area contributed by atoms with Crippen molar-refractivity contribution in [3.05, 3.63) is 12.2 Å². The molecule has 1 unspecified atom stereocenters. The SMILES string of the molecule is CCCCC(C)(CC)C(=O)OCC(=O)OCC(=O)OC(=O)C/C=C/C(=O)O. The van der Waals surface area contributed by atoms with Crippen molar-refractivity contribution >= 4 is 29.8 Å². The van der Waals surface area contributed by atoms with Crippen molar-refractivity contribution in [3.63, 3.8) is 0 Å². The molecule has 0 amide bonds. The highest BCUT2D eigenvalue weighted by atomic mass is 16.6. The van der Waals surface area contributed by atoms with Crippen LogP contribution in [-0.4, -0.2) is 48.2 Å². The van der Waals surface area contributed by atoms with Crippen LogP contribution in [0.5, 0.6) is 0 Å². The minimum Gasteiger partial charge on any atom is -0.478 e. The summed E-state index contributed by atoms with van der Waals surface area (Å²) in [6.45, 7) is 4.14. The average molecular weight is 386 g/mol. The third kappa shape index (κ3) is 10.8. The fraction of sp³-hybridized carbons (Fsp3) is 0.611. The Hall–Kier alpha value is -2.71. The Morgan fingerprint density at radius 1 is 0.963 bits per heavy atom. The van der Waals surface area contributed by atoms with Gasteiger partial charge in [0.1, 0.15) is 0 Å². The predicted octanol–water partition coefficient (Wildman–Crippen LogP) is 1.78. The summed E-state index contributed by atoms with van der Waals surface area (Å²) in [7, 11) is 0. The highest BCUT2D eigenvalue weighted by molar-refractivity contribution is 5.88. The molecule has 0 aromatic carbocycles. The first-order valence-electron chi connectivity index (χ1n) is 8.60. The van der Waals surface area contributed by atoms with E-state index in [-0.39, 0.29) is 0 Å². The number of unbranched alkanes of at least 4 members (excludes halogenated alkanes) is 1. The number of carbonyl (C=O) groups excluding carboxylic acids is 4. The van der Waals surface area contributed by atoms with E-state index < -0.39 is 54.9 Å². The van der Waals surface area contributed by atoms with E-state index in [4.69, 9.17) is 9.84 Å². The van der Waals surface area contributed by atoms with E-state index in [9.17, 15) is 24.0 Å². The van der Waals surface area contributed by atoms with Gasteiger partial charge in [0, 0.05) is 6.08 Å². The van der Waals surface area contributed by atoms with Crippen molar-refractivity contribution in [2.45, 2.75) is 52.9 Å². The number of esters is 4. The highest BCUT2D eigenvalue weighted by Crippen LogP contribution is 2.29. The molecule has 1 N–H and O–H groups in total. The molecule has 1 atom stereocenters. The van der Waals surface area contributed by atoms with Crippen LogP contribution >= 0.6 is 0 Å². The number of rotatable bonds is 12. The van der Waals surface area contributed by atoms with Gasteiger partial charge in [-0.25, -0.2) is 14.4 Å². The van der Waals surface area contributed by atoms with Gasteiger partial charge in [-0.1, -0.05) is 32.8 Å². The van der Waals surface area contributed by atoms with Crippen LogP contribution in [0.2, 0.25) is 0 Å². The third-order valence-corrected chi connectivity index (χ3v) is 3.80. The number of carbonyl (C=O) groups is 5. The molecule has 0 spiro atoms. The fourth-order valence-corrected chi connectivity index (χ4v) is 1.92. The van der Waals surface area contributed by atoms with Gasteiger partial charge in [-0.2, -0.15) is 0 Å². The first kappa shape index (κ1) is 24.3. The van der Waals surface area contributed by atoms with E-state index in [0.717, 1.165) is 25.0 Å². The molecule has 9 nitrogen and oxygen atoms in total. The third-order valence-electron chi connectivity index (χ3n) is 3.80. The Labute approximate surface area is 157 Å². The van der Waals surface area contributed by atoms with E-state index in [1.807, 2.05) is 13.8 Å². The van der Waals surface area contributed by atoms with Crippen molar-refractivity contribution in [2.24, 2.45) is 5.41 Å². The summed E-state index contributed by atoms with van der Waals surface area (Å²) in [6.07, 6.45) is 4.29. The van der Waals surface area contributed by atoms with Gasteiger partial charge < -0.3 is 19.3 Å². The summed E-state index contributed by atoms with van der Waals surface area (Å²) in [5.41, 5.74) is -0.689. The molecular formula is C18H26O9. The highest BCUT2D eigenvalue weighted by Gasteiger charge is 2.32. The Morgan fingerprint density at radius 2 is 1.59 bits per heavy atom. The number of ether oxygens (including phenoxy) is 3. The van der Waals surface area contributed by atoms with Gasteiger partial charge in [-0.15, -0.1) is 0 Å². The number of carboxylic acids is 1. The van der Waals surface area contributed by atoms with Crippen LogP contribution in [0, 0.1) is 5.41 Å². The summed E-state index contributed by atoms with van der Waals surface area (Å²) in [5, 5.41) is 8.35. The molecule has 0 bridgehead atoms. The lowest BCUT2D eigenvalue weighted by atomic mass is 9.82. The van der Waals surface area contributed by atoms with Crippen molar-refractivity contribution < 1.29 is 43.3 Å². The summed E-state index contributed by atoms with van der Waals surface area (Å²) in [5.74, 6) is -4.82. The van der Waals surface area contributed by atoms with Crippen molar-refractivity contribution in [1.82, 2.24) is 0 Å². The molecule has 152 valence electrons. The quantitative estimate of drug-likeness (QED) is 0.230. The topological polar surface area (TPSA) is 133 Å². The molecule has 0 aliphatic heterocycles. The van der Waals surface area contributed by atoms with Gasteiger partial charge in [0.2, 0.25) is 0 Å². The van der Waals surface area contributed by atoms with E-state index in [1.54, 1.807) is 6.92 Å². The summed E-state index contributed by atoms with van der Waals surface area (Å²) < 4.78 is 13.8. The molecule has 0 aliphatic carbocycles. The van der Waals surface area contributed by atoms with E-state index in [2.05, 4.69) is 9.47 Å². The van der Waals surface area contributed by atoms with Gasteiger partial charge in [0.15, 0.2) is 13.2 Å². The number of aliphatic carboxylic acids is 1. The van der Waals surface area contributed by atoms with E-state index in [0.29, 0.717) is 12.8 Å². The number of hydrogen-bond acceptors (Lipinski definition) is 8. The van der Waals surface area contributed by atoms with Crippen molar-refractivity contribution in [1.29, 1.82) is 0 Å². The largest absolute Gasteiger partial charge is 0.478 e. The molecule has 0 rings (SSSR count). The predicted molar refractivity (Wildman–Crippen MR) is 92.3 cm³/mol. The summed E-state index contributed by atoms with van der Waals surface area (Å²) >= 11 is 0. The first-order chi connectivity index (χ1) is 12.6. The average Bonchev–Trinajstić information content (AvgIpc) is 2.61. The lowest BCUT2D eigenvalue weighted by Crippen LogP contribution is -2.31. The van der Waals surface area contributed by atoms with E-state index >= 15 is 0 Å². The van der Waals surface area contributed by atoms with Crippen molar-refractivity contribution in [3.8, 4) is 0 Å². The molecule has 0 aromatic rings. The van der Waals surface area contributed by atoms with Crippen LogP contribution < -0.4 is 0 Å². The van der Waals surface area contributed by atoms with Gasteiger partial charge in [-0.05, 0) is 19.8 Å². The molecule has 0 fully saturated rings. The second-order valence-electron chi connectivity index (χ2n) is 6.05. The summed E-state index contributed by atoms with van der Waals surface area (Å²) in [4.78, 5) is 56.5. The second-order valence-corrected chi connectivity index (χ2v) is 6.05. The molecular weight excluding hydrogens is 360 g/mol. The fourth-order valence-electron chi connectivity index (χ4n) is 1.92. The lowest BCUT2D eigenvalue weighted by molar-refractivity contribution is -0.171. The Balaban J connectivity index is 4.21. The summed E-state index contributed by atoms with van der Waals surface area (Å²) in [6, 6.07) is 0. The zero-order valence-corrected chi connectivity index (χ0v) is 15.8. The molecule has 0 aliphatic rings. The van der Waals surface area contributed by atoms with Crippen LogP contribution in [-0.2, 0) is 38.2 Å². The molecule has 0 saturated carbocycles. The monoisotopic (exact) mass is 386 g/mol. The lowest BCUT2D eigenvalue weighted by Gasteiger charge is -2.25. The van der Waals surface area contributed by atoms with Crippen LogP contribution in [0.25, 0.3) is 0 Å². The Kier molecular flexibility index (Phi) is 11.3. The van der Waals surface area contributed by atoms with E-state index in [1.165, 1.54) is 0 Å². The Morgan fingerprint density at radius 3 is 2.15 bits per heavy atom. The van der Waals surface area contributed by atoms with Gasteiger partial charge in [-0.3, -0.25) is 9.59 Å². The van der Waals surface area contributed by atoms with Crippen LogP contribution in [0.3, 0.4) is 0 Å². The Bertz CT molecular complexity index is 579. The molecule has 0 heterocycles. The molecule has 9 heteroatoms. The maximum Gasteiger partial charge on any atom is 0.351 e. The zero-order valence-electron chi connectivity index (χ0n) is 15.8. The van der Waals surface area contributed by atoms with Crippen LogP contribution in [0.15, 0.2) is 12.2 Å². The number of carboxylic acid groups (broad SMARTS) is 1. The van der Waals surface area contributed by atoms with Gasteiger partial charge in [0.05, 0.1) is 11.8 Å². The maximum absolute atomic E-state index is 12.1. The van der Waals surface area contributed by atoms with Crippen molar-refractivity contribution in [2.75, 3.05) is 13.2 Å². The second kappa shape index (κ2) is 12.6. The molecule has 0 saturated heterocycles. The minimum absolute atomic E-state index is 0.420. The normalized spacial score (nSPS) is 12.9. The van der Waals surface area contributed by atoms with Gasteiger partial charge >= 0.3 is 29.8 Å². The van der Waals surface area contributed by atoms with Crippen LogP contribution in [0.4, 0.5) is 0 Å². The molecule has 0 aromatic heterocycles. The minimum atomic E-state index is -1.24. The molecule has 0 radical (unpaired) electrons. The number of hydrogen-bond donors (Lipinski definition) is 1.